The Kier molecular flexibility index (Phi) is 7.01. The number of carbonyl (C=O) groups is 4. The predicted octanol–water partition coefficient (Wildman–Crippen LogP) is -1.76. The van der Waals surface area contributed by atoms with E-state index in [0.29, 0.717) is 0 Å². The largest absolute Gasteiger partial charge is 0.320 e. The molecule has 20 heavy (non-hydrogen) atoms. The smallest absolute Gasteiger partial charge is 0.316 e. The third-order valence-corrected chi connectivity index (χ3v) is 2.72. The molecule has 0 bridgehead atoms. The van der Waals surface area contributed by atoms with E-state index in [0.717, 1.165) is 0 Å². The molecule has 0 aromatic heterocycles. The van der Waals surface area contributed by atoms with Crippen molar-refractivity contribution in [3.63, 3.8) is 0 Å². The van der Waals surface area contributed by atoms with Gasteiger partial charge in [0, 0.05) is 0 Å². The van der Waals surface area contributed by atoms with Crippen molar-refractivity contribution in [1.82, 2.24) is 10.6 Å². The van der Waals surface area contributed by atoms with Crippen LogP contribution in [0.3, 0.4) is 0 Å². The van der Waals surface area contributed by atoms with E-state index >= 15 is 0 Å². The number of amides is 4. The summed E-state index contributed by atoms with van der Waals surface area (Å²) in [5.74, 6) is -4.42. The number of hydrogen-bond donors (Lipinski definition) is 4. The lowest BCUT2D eigenvalue weighted by atomic mass is 10.0. The Morgan fingerprint density at radius 1 is 0.700 bits per heavy atom. The second-order valence-corrected chi connectivity index (χ2v) is 5.18. The summed E-state index contributed by atoms with van der Waals surface area (Å²) in [4.78, 5) is 45.8. The molecule has 0 rings (SSSR count). The third-order valence-electron chi connectivity index (χ3n) is 2.72. The van der Waals surface area contributed by atoms with Crippen LogP contribution < -0.4 is 22.1 Å². The first-order chi connectivity index (χ1) is 9.07. The fraction of sp³-hybridized carbons (Fsp3) is 0.667. The third kappa shape index (κ3) is 5.45. The minimum Gasteiger partial charge on any atom is -0.320 e. The number of carbonyl (C=O) groups excluding carboxylic acids is 4. The molecule has 0 aromatic carbocycles. The van der Waals surface area contributed by atoms with Crippen LogP contribution in [0.4, 0.5) is 0 Å². The van der Waals surface area contributed by atoms with Crippen LogP contribution in [0.25, 0.3) is 0 Å². The quantitative estimate of drug-likeness (QED) is 0.450. The molecule has 0 aliphatic carbocycles. The van der Waals surface area contributed by atoms with Crippen LogP contribution in [-0.2, 0) is 19.2 Å². The summed E-state index contributed by atoms with van der Waals surface area (Å²) in [7, 11) is 0. The Morgan fingerprint density at radius 3 is 1.15 bits per heavy atom. The van der Waals surface area contributed by atoms with E-state index in [2.05, 4.69) is 0 Å². The average Bonchev–Trinajstić information content (AvgIpc) is 2.35. The van der Waals surface area contributed by atoms with E-state index in [4.69, 9.17) is 11.5 Å². The van der Waals surface area contributed by atoms with Gasteiger partial charge in [0.1, 0.15) is 0 Å². The second-order valence-electron chi connectivity index (χ2n) is 5.18. The van der Waals surface area contributed by atoms with Gasteiger partial charge in [-0.2, -0.15) is 0 Å². The zero-order valence-electron chi connectivity index (χ0n) is 12.1. The topological polar surface area (TPSA) is 144 Å². The van der Waals surface area contributed by atoms with Crippen LogP contribution in [0.5, 0.6) is 0 Å². The number of imide groups is 2. The predicted molar refractivity (Wildman–Crippen MR) is 71.9 cm³/mol. The Balaban J connectivity index is 4.47. The Labute approximate surface area is 117 Å². The van der Waals surface area contributed by atoms with Crippen LogP contribution in [0.2, 0.25) is 0 Å². The summed E-state index contributed by atoms with van der Waals surface area (Å²) in [6.07, 6.45) is 0. The fourth-order valence-electron chi connectivity index (χ4n) is 1.11. The second kappa shape index (κ2) is 7.71. The molecule has 4 amide bonds. The number of rotatable bonds is 4. The normalized spacial score (nSPS) is 13.8. The minimum atomic E-state index is -1.24. The number of nitrogens with two attached hydrogens (primary N) is 2. The van der Waals surface area contributed by atoms with Crippen molar-refractivity contribution in [2.45, 2.75) is 39.8 Å². The first kappa shape index (κ1) is 18.2. The molecular formula is C12H22N4O4. The van der Waals surface area contributed by atoms with E-state index in [9.17, 15) is 19.2 Å². The molecule has 114 valence electrons. The summed E-state index contributed by atoms with van der Waals surface area (Å²) in [6.45, 7) is 6.78. The van der Waals surface area contributed by atoms with Crippen LogP contribution in [0.15, 0.2) is 0 Å². The first-order valence-electron chi connectivity index (χ1n) is 6.29. The van der Waals surface area contributed by atoms with Crippen molar-refractivity contribution in [2.75, 3.05) is 0 Å². The lowest BCUT2D eigenvalue weighted by molar-refractivity contribution is -0.145. The molecule has 0 aliphatic rings. The Morgan fingerprint density at radius 2 is 0.950 bits per heavy atom. The van der Waals surface area contributed by atoms with Crippen molar-refractivity contribution in [3.05, 3.63) is 0 Å². The summed E-state index contributed by atoms with van der Waals surface area (Å²) >= 11 is 0. The highest BCUT2D eigenvalue weighted by molar-refractivity contribution is 6.40. The molecule has 0 aliphatic heterocycles. The number of nitrogens with one attached hydrogen (secondary N) is 2. The maximum absolute atomic E-state index is 11.5. The van der Waals surface area contributed by atoms with E-state index in [-0.39, 0.29) is 11.8 Å². The van der Waals surface area contributed by atoms with Crippen molar-refractivity contribution in [2.24, 2.45) is 23.3 Å². The van der Waals surface area contributed by atoms with Gasteiger partial charge in [0.15, 0.2) is 0 Å². The highest BCUT2D eigenvalue weighted by Gasteiger charge is 2.26. The van der Waals surface area contributed by atoms with Gasteiger partial charge < -0.3 is 11.5 Å². The van der Waals surface area contributed by atoms with Gasteiger partial charge in [0.05, 0.1) is 12.1 Å². The maximum Gasteiger partial charge on any atom is 0.316 e. The zero-order chi connectivity index (χ0) is 16.0. The van der Waals surface area contributed by atoms with Gasteiger partial charge in [-0.1, -0.05) is 27.7 Å². The lowest BCUT2D eigenvalue weighted by Gasteiger charge is -2.16. The van der Waals surface area contributed by atoms with Crippen molar-refractivity contribution < 1.29 is 19.2 Å². The molecular weight excluding hydrogens is 264 g/mol. The van der Waals surface area contributed by atoms with Crippen LogP contribution in [-0.4, -0.2) is 35.7 Å². The highest BCUT2D eigenvalue weighted by atomic mass is 16.2. The Bertz CT molecular complexity index is 368. The van der Waals surface area contributed by atoms with Gasteiger partial charge in [-0.05, 0) is 11.8 Å². The maximum atomic E-state index is 11.5. The summed E-state index contributed by atoms with van der Waals surface area (Å²) < 4.78 is 0. The molecule has 0 spiro atoms. The van der Waals surface area contributed by atoms with Gasteiger partial charge in [-0.3, -0.25) is 29.8 Å². The lowest BCUT2D eigenvalue weighted by Crippen LogP contribution is -2.53. The van der Waals surface area contributed by atoms with Crippen LogP contribution in [0, 0.1) is 11.8 Å². The molecule has 2 unspecified atom stereocenters. The number of hydrogen-bond acceptors (Lipinski definition) is 6. The molecule has 0 heterocycles. The molecule has 2 atom stereocenters. The fourth-order valence-corrected chi connectivity index (χ4v) is 1.11. The van der Waals surface area contributed by atoms with Gasteiger partial charge in [0.2, 0.25) is 11.8 Å². The molecule has 0 saturated carbocycles. The van der Waals surface area contributed by atoms with Gasteiger partial charge in [0.25, 0.3) is 0 Å². The molecule has 0 radical (unpaired) electrons. The van der Waals surface area contributed by atoms with Gasteiger partial charge >= 0.3 is 11.8 Å². The minimum absolute atomic E-state index is 0.193. The van der Waals surface area contributed by atoms with E-state index in [1.807, 2.05) is 10.6 Å². The first-order valence-corrected chi connectivity index (χ1v) is 6.29. The monoisotopic (exact) mass is 286 g/mol. The van der Waals surface area contributed by atoms with Crippen molar-refractivity contribution in [3.8, 4) is 0 Å². The van der Waals surface area contributed by atoms with E-state index in [1.54, 1.807) is 27.7 Å². The standard InChI is InChI=1S/C12H22N4O4/c1-5(2)7(13)9(17)15-11(19)12(20)16-10(18)8(14)6(3)4/h5-8H,13-14H2,1-4H3,(H,15,17,19)(H,16,18,20). The average molecular weight is 286 g/mol. The van der Waals surface area contributed by atoms with Crippen molar-refractivity contribution >= 4 is 23.6 Å². The molecule has 6 N–H and O–H groups in total. The molecule has 0 aromatic rings. The van der Waals surface area contributed by atoms with Gasteiger partial charge in [-0.25, -0.2) is 0 Å². The SMILES string of the molecule is CC(C)C(N)C(=O)NC(=O)C(=O)NC(=O)C(N)C(C)C. The summed E-state index contributed by atoms with van der Waals surface area (Å²) in [6, 6.07) is -1.83. The molecule has 8 heteroatoms. The van der Waals surface area contributed by atoms with E-state index < -0.39 is 35.7 Å². The van der Waals surface area contributed by atoms with Crippen LogP contribution >= 0.6 is 0 Å². The summed E-state index contributed by atoms with van der Waals surface area (Å²) in [5.41, 5.74) is 11.0. The van der Waals surface area contributed by atoms with E-state index in [1.165, 1.54) is 0 Å². The van der Waals surface area contributed by atoms with Crippen LogP contribution in [0.1, 0.15) is 27.7 Å². The molecule has 0 fully saturated rings. The molecule has 8 nitrogen and oxygen atoms in total. The highest BCUT2D eigenvalue weighted by Crippen LogP contribution is 1.98. The summed E-state index contributed by atoms with van der Waals surface area (Å²) in [5, 5.41) is 3.65. The zero-order valence-corrected chi connectivity index (χ0v) is 12.1. The van der Waals surface area contributed by atoms with Gasteiger partial charge in [-0.15, -0.1) is 0 Å². The molecule has 0 saturated heterocycles. The van der Waals surface area contributed by atoms with Crippen molar-refractivity contribution in [1.29, 1.82) is 0 Å². The Hall–Kier alpha value is -1.80.